The van der Waals surface area contributed by atoms with Crippen LogP contribution >= 0.6 is 11.6 Å². The fourth-order valence-electron chi connectivity index (χ4n) is 2.80. The van der Waals surface area contributed by atoms with Gasteiger partial charge in [-0.05, 0) is 30.7 Å². The Labute approximate surface area is 146 Å². The van der Waals surface area contributed by atoms with E-state index in [1.54, 1.807) is 18.6 Å². The van der Waals surface area contributed by atoms with Gasteiger partial charge in [0.2, 0.25) is 5.91 Å². The molecule has 1 aliphatic rings. The Morgan fingerprint density at radius 3 is 3.04 bits per heavy atom. The maximum Gasteiger partial charge on any atom is 0.226 e. The molecule has 1 saturated heterocycles. The van der Waals surface area contributed by atoms with Crippen LogP contribution in [0.3, 0.4) is 0 Å². The summed E-state index contributed by atoms with van der Waals surface area (Å²) in [5.74, 6) is -0.0392. The minimum absolute atomic E-state index is 0.0392. The number of amides is 1. The van der Waals surface area contributed by atoms with E-state index in [1.165, 1.54) is 0 Å². The summed E-state index contributed by atoms with van der Waals surface area (Å²) in [4.78, 5) is 14.6. The number of furan rings is 1. The van der Waals surface area contributed by atoms with Gasteiger partial charge in [-0.3, -0.25) is 9.69 Å². The third-order valence-corrected chi connectivity index (χ3v) is 4.60. The molecule has 6 heteroatoms. The Balaban J connectivity index is 1.59. The molecule has 24 heavy (non-hydrogen) atoms. The molecule has 2 heterocycles. The van der Waals surface area contributed by atoms with Crippen LogP contribution in [0.1, 0.15) is 17.5 Å². The summed E-state index contributed by atoms with van der Waals surface area (Å²) >= 11 is 6.10. The number of ether oxygens (including phenoxy) is 1. The zero-order valence-electron chi connectivity index (χ0n) is 13.6. The summed E-state index contributed by atoms with van der Waals surface area (Å²) in [7, 11) is 0. The number of hydrogen-bond acceptors (Lipinski definition) is 4. The predicted octanol–water partition coefficient (Wildman–Crippen LogP) is 3.47. The van der Waals surface area contributed by atoms with Crippen LogP contribution in [0.15, 0.2) is 41.2 Å². The molecule has 0 aliphatic carbocycles. The zero-order chi connectivity index (χ0) is 16.9. The fraction of sp³-hybridized carbons (Fsp3) is 0.389. The van der Waals surface area contributed by atoms with Gasteiger partial charge in [-0.15, -0.1) is 0 Å². The minimum Gasteiger partial charge on any atom is -0.472 e. The molecule has 128 valence electrons. The van der Waals surface area contributed by atoms with Crippen molar-refractivity contribution in [3.8, 4) is 0 Å². The first-order valence-electron chi connectivity index (χ1n) is 8.00. The Hall–Kier alpha value is -1.82. The molecule has 0 saturated carbocycles. The van der Waals surface area contributed by atoms with Crippen molar-refractivity contribution in [2.45, 2.75) is 25.9 Å². The van der Waals surface area contributed by atoms with Gasteiger partial charge in [-0.1, -0.05) is 17.7 Å². The Kier molecular flexibility index (Phi) is 5.56. The Morgan fingerprint density at radius 2 is 2.29 bits per heavy atom. The van der Waals surface area contributed by atoms with Gasteiger partial charge in [0, 0.05) is 41.8 Å². The van der Waals surface area contributed by atoms with Gasteiger partial charge in [0.15, 0.2) is 0 Å². The van der Waals surface area contributed by atoms with E-state index in [0.29, 0.717) is 30.3 Å². The van der Waals surface area contributed by atoms with Crippen molar-refractivity contribution in [1.29, 1.82) is 0 Å². The van der Waals surface area contributed by atoms with E-state index in [9.17, 15) is 4.79 Å². The lowest BCUT2D eigenvalue weighted by Crippen LogP contribution is -2.46. The average Bonchev–Trinajstić information content (AvgIpc) is 3.06. The number of hydrogen-bond donors (Lipinski definition) is 1. The first-order valence-corrected chi connectivity index (χ1v) is 8.38. The van der Waals surface area contributed by atoms with Gasteiger partial charge in [0.1, 0.15) is 0 Å². The molecule has 1 amide bonds. The normalized spacial score (nSPS) is 18.5. The van der Waals surface area contributed by atoms with Gasteiger partial charge >= 0.3 is 0 Å². The van der Waals surface area contributed by atoms with Crippen molar-refractivity contribution >= 4 is 23.2 Å². The van der Waals surface area contributed by atoms with E-state index >= 15 is 0 Å². The second-order valence-electron chi connectivity index (χ2n) is 6.05. The molecule has 2 aromatic rings. The van der Waals surface area contributed by atoms with E-state index in [1.807, 2.05) is 25.1 Å². The maximum atomic E-state index is 12.4. The van der Waals surface area contributed by atoms with E-state index in [4.69, 9.17) is 20.8 Å². The second-order valence-corrected chi connectivity index (χ2v) is 6.45. The summed E-state index contributed by atoms with van der Waals surface area (Å²) in [6, 6.07) is 7.53. The number of benzene rings is 1. The molecular formula is C18H21ClN2O3. The Bertz CT molecular complexity index is 688. The molecule has 0 bridgehead atoms. The number of carbonyl (C=O) groups excluding carboxylic acids is 1. The van der Waals surface area contributed by atoms with E-state index in [2.05, 4.69) is 10.2 Å². The minimum atomic E-state index is -0.0392. The van der Waals surface area contributed by atoms with Crippen LogP contribution in [0, 0.1) is 6.92 Å². The number of morpholine rings is 1. The van der Waals surface area contributed by atoms with Gasteiger partial charge in [-0.25, -0.2) is 0 Å². The molecule has 1 aliphatic heterocycles. The zero-order valence-corrected chi connectivity index (χ0v) is 14.4. The molecule has 0 spiro atoms. The van der Waals surface area contributed by atoms with Gasteiger partial charge in [-0.2, -0.15) is 0 Å². The molecule has 0 unspecified atom stereocenters. The lowest BCUT2D eigenvalue weighted by atomic mass is 10.1. The molecule has 1 atom stereocenters. The number of rotatable bonds is 5. The summed E-state index contributed by atoms with van der Waals surface area (Å²) in [5.41, 5.74) is 2.81. The number of nitrogens with zero attached hydrogens (tertiary/aromatic N) is 1. The number of nitrogens with one attached hydrogen (secondary N) is 1. The van der Waals surface area contributed by atoms with Crippen LogP contribution in [0.4, 0.5) is 5.69 Å². The number of halogens is 1. The van der Waals surface area contributed by atoms with Gasteiger partial charge in [0.05, 0.1) is 25.7 Å². The van der Waals surface area contributed by atoms with Crippen molar-refractivity contribution < 1.29 is 13.9 Å². The fourth-order valence-corrected chi connectivity index (χ4v) is 2.98. The van der Waals surface area contributed by atoms with E-state index < -0.39 is 0 Å². The van der Waals surface area contributed by atoms with Crippen LogP contribution < -0.4 is 5.32 Å². The molecule has 1 aromatic carbocycles. The topological polar surface area (TPSA) is 54.7 Å². The molecule has 1 fully saturated rings. The highest BCUT2D eigenvalue weighted by Crippen LogP contribution is 2.21. The molecular weight excluding hydrogens is 328 g/mol. The lowest BCUT2D eigenvalue weighted by Gasteiger charge is -2.35. The van der Waals surface area contributed by atoms with E-state index in [-0.39, 0.29) is 11.9 Å². The largest absolute Gasteiger partial charge is 0.472 e. The monoisotopic (exact) mass is 348 g/mol. The number of aryl methyl sites for hydroxylation is 1. The van der Waals surface area contributed by atoms with Crippen molar-refractivity contribution in [2.75, 3.05) is 25.1 Å². The van der Waals surface area contributed by atoms with Crippen molar-refractivity contribution in [2.24, 2.45) is 0 Å². The molecule has 0 radical (unpaired) electrons. The van der Waals surface area contributed by atoms with Crippen LogP contribution in [-0.4, -0.2) is 36.6 Å². The predicted molar refractivity (Wildman–Crippen MR) is 93.2 cm³/mol. The third-order valence-electron chi connectivity index (χ3n) is 4.19. The molecule has 3 rings (SSSR count). The van der Waals surface area contributed by atoms with Crippen molar-refractivity contribution in [1.82, 2.24) is 4.90 Å². The van der Waals surface area contributed by atoms with Crippen molar-refractivity contribution in [3.63, 3.8) is 0 Å². The first-order chi connectivity index (χ1) is 11.6. The Morgan fingerprint density at radius 1 is 1.42 bits per heavy atom. The standard InChI is InChI=1S/C18H21ClN2O3/c1-13-2-3-15(8-17(13)19)20-18(22)9-16-12-24-7-5-21(16)10-14-4-6-23-11-14/h2-4,6,8,11,16H,5,7,9-10,12H2,1H3,(H,20,22)/t16-/m1/s1. The van der Waals surface area contributed by atoms with E-state index in [0.717, 1.165) is 24.2 Å². The molecule has 5 nitrogen and oxygen atoms in total. The maximum absolute atomic E-state index is 12.4. The highest BCUT2D eigenvalue weighted by atomic mass is 35.5. The van der Waals surface area contributed by atoms with Crippen LogP contribution in [-0.2, 0) is 16.1 Å². The average molecular weight is 349 g/mol. The molecule has 1 aromatic heterocycles. The second kappa shape index (κ2) is 7.83. The van der Waals surface area contributed by atoms with Crippen LogP contribution in [0.5, 0.6) is 0 Å². The summed E-state index contributed by atoms with van der Waals surface area (Å²) in [6.07, 6.45) is 3.78. The van der Waals surface area contributed by atoms with Crippen LogP contribution in [0.2, 0.25) is 5.02 Å². The first kappa shape index (κ1) is 17.0. The van der Waals surface area contributed by atoms with Crippen molar-refractivity contribution in [3.05, 3.63) is 52.9 Å². The molecule has 1 N–H and O–H groups in total. The summed E-state index contributed by atoms with van der Waals surface area (Å²) in [6.45, 7) is 4.73. The summed E-state index contributed by atoms with van der Waals surface area (Å²) in [5, 5.41) is 3.56. The van der Waals surface area contributed by atoms with Gasteiger partial charge < -0.3 is 14.5 Å². The highest BCUT2D eigenvalue weighted by Gasteiger charge is 2.25. The van der Waals surface area contributed by atoms with Crippen LogP contribution in [0.25, 0.3) is 0 Å². The summed E-state index contributed by atoms with van der Waals surface area (Å²) < 4.78 is 10.7. The SMILES string of the molecule is Cc1ccc(NC(=O)C[C@@H]2COCCN2Cc2ccoc2)cc1Cl. The highest BCUT2D eigenvalue weighted by molar-refractivity contribution is 6.31. The number of carbonyl (C=O) groups is 1. The van der Waals surface area contributed by atoms with Gasteiger partial charge in [0.25, 0.3) is 0 Å². The third kappa shape index (κ3) is 4.38. The number of anilines is 1. The lowest BCUT2D eigenvalue weighted by molar-refractivity contribution is -0.119. The quantitative estimate of drug-likeness (QED) is 0.899. The smallest absolute Gasteiger partial charge is 0.226 e.